The van der Waals surface area contributed by atoms with E-state index in [0.717, 1.165) is 11.3 Å². The first-order valence-corrected chi connectivity index (χ1v) is 10.0. The van der Waals surface area contributed by atoms with E-state index in [0.29, 0.717) is 35.7 Å². The molecule has 0 bridgehead atoms. The van der Waals surface area contributed by atoms with Crippen molar-refractivity contribution in [2.75, 3.05) is 26.1 Å². The molecule has 3 rings (SSSR count). The molecule has 160 valence electrons. The Balaban J connectivity index is 1.77. The van der Waals surface area contributed by atoms with Crippen molar-refractivity contribution < 1.29 is 19.1 Å². The average molecular weight is 418 g/mol. The van der Waals surface area contributed by atoms with Crippen LogP contribution in [0.1, 0.15) is 33.2 Å². The number of nitrogens with zero attached hydrogens (tertiary/aromatic N) is 1. The van der Waals surface area contributed by atoms with Crippen molar-refractivity contribution in [3.8, 4) is 11.5 Å². The van der Waals surface area contributed by atoms with Gasteiger partial charge in [0.2, 0.25) is 0 Å². The minimum Gasteiger partial charge on any atom is -0.497 e. The number of hydrogen-bond acceptors (Lipinski definition) is 4. The summed E-state index contributed by atoms with van der Waals surface area (Å²) in [6.45, 7) is 2.86. The average Bonchev–Trinajstić information content (AvgIpc) is 2.80. The van der Waals surface area contributed by atoms with Gasteiger partial charge in [-0.25, -0.2) is 0 Å². The van der Waals surface area contributed by atoms with Gasteiger partial charge >= 0.3 is 0 Å². The number of benzene rings is 3. The number of para-hydroxylation sites is 2. The molecule has 0 spiro atoms. The van der Waals surface area contributed by atoms with Gasteiger partial charge in [0.1, 0.15) is 11.5 Å². The fraction of sp³-hybridized carbons (Fsp3) is 0.200. The fourth-order valence-electron chi connectivity index (χ4n) is 3.18. The van der Waals surface area contributed by atoms with Crippen LogP contribution in [0.15, 0.2) is 72.8 Å². The van der Waals surface area contributed by atoms with E-state index >= 15 is 0 Å². The summed E-state index contributed by atoms with van der Waals surface area (Å²) in [4.78, 5) is 27.4. The second kappa shape index (κ2) is 10.3. The Kier molecular flexibility index (Phi) is 7.27. The Morgan fingerprint density at radius 1 is 0.935 bits per heavy atom. The van der Waals surface area contributed by atoms with E-state index in [1.165, 1.54) is 0 Å². The maximum Gasteiger partial charge on any atom is 0.256 e. The molecule has 0 radical (unpaired) electrons. The van der Waals surface area contributed by atoms with Crippen LogP contribution in [0.2, 0.25) is 0 Å². The van der Waals surface area contributed by atoms with Gasteiger partial charge in [-0.15, -0.1) is 0 Å². The molecule has 31 heavy (non-hydrogen) atoms. The maximum atomic E-state index is 13.2. The molecular formula is C25H26N2O4. The van der Waals surface area contributed by atoms with Gasteiger partial charge in [0.15, 0.2) is 0 Å². The van der Waals surface area contributed by atoms with Crippen molar-refractivity contribution in [1.82, 2.24) is 4.90 Å². The molecule has 0 aliphatic carbocycles. The first kappa shape index (κ1) is 21.9. The topological polar surface area (TPSA) is 67.9 Å². The van der Waals surface area contributed by atoms with E-state index in [2.05, 4.69) is 5.32 Å². The van der Waals surface area contributed by atoms with Gasteiger partial charge in [0.05, 0.1) is 25.0 Å². The van der Waals surface area contributed by atoms with Gasteiger partial charge < -0.3 is 19.7 Å². The van der Waals surface area contributed by atoms with Crippen molar-refractivity contribution in [2.24, 2.45) is 0 Å². The second-order valence-corrected chi connectivity index (χ2v) is 6.93. The predicted molar refractivity (Wildman–Crippen MR) is 121 cm³/mol. The number of carbonyl (C=O) groups is 2. The molecule has 0 aliphatic heterocycles. The normalized spacial score (nSPS) is 10.3. The highest BCUT2D eigenvalue weighted by Crippen LogP contribution is 2.23. The molecule has 2 amide bonds. The van der Waals surface area contributed by atoms with Gasteiger partial charge in [-0.3, -0.25) is 9.59 Å². The first-order valence-electron chi connectivity index (χ1n) is 10.0. The monoisotopic (exact) mass is 418 g/mol. The number of hydrogen-bond donors (Lipinski definition) is 1. The number of amides is 2. The van der Waals surface area contributed by atoms with Crippen molar-refractivity contribution in [1.29, 1.82) is 0 Å². The molecule has 6 heteroatoms. The van der Waals surface area contributed by atoms with Crippen molar-refractivity contribution in [3.63, 3.8) is 0 Å². The number of ether oxygens (including phenoxy) is 2. The second-order valence-electron chi connectivity index (χ2n) is 6.93. The zero-order valence-corrected chi connectivity index (χ0v) is 17.9. The third-order valence-corrected chi connectivity index (χ3v) is 4.78. The van der Waals surface area contributed by atoms with Crippen molar-refractivity contribution >= 4 is 17.5 Å². The Bertz CT molecular complexity index is 1050. The molecule has 0 saturated carbocycles. The van der Waals surface area contributed by atoms with Crippen LogP contribution < -0.4 is 14.8 Å². The first-order chi connectivity index (χ1) is 15.0. The molecule has 0 heterocycles. The zero-order chi connectivity index (χ0) is 22.2. The number of nitrogens with one attached hydrogen (secondary N) is 1. The summed E-state index contributed by atoms with van der Waals surface area (Å²) in [5.41, 5.74) is 2.26. The molecular weight excluding hydrogens is 392 g/mol. The third kappa shape index (κ3) is 5.42. The number of carbonyl (C=O) groups excluding carboxylic acids is 2. The number of rotatable bonds is 8. The lowest BCUT2D eigenvalue weighted by Crippen LogP contribution is -2.27. The van der Waals surface area contributed by atoms with E-state index in [1.54, 1.807) is 67.6 Å². The summed E-state index contributed by atoms with van der Waals surface area (Å²) in [5.74, 6) is 0.927. The molecule has 1 N–H and O–H groups in total. The molecule has 3 aromatic carbocycles. The van der Waals surface area contributed by atoms with Crippen LogP contribution in [-0.2, 0) is 6.54 Å². The summed E-state index contributed by atoms with van der Waals surface area (Å²) < 4.78 is 10.8. The van der Waals surface area contributed by atoms with Gasteiger partial charge in [0, 0.05) is 24.7 Å². The zero-order valence-electron chi connectivity index (χ0n) is 17.9. The summed E-state index contributed by atoms with van der Waals surface area (Å²) in [7, 11) is 3.30. The minimum absolute atomic E-state index is 0.197. The van der Waals surface area contributed by atoms with Crippen LogP contribution in [0.5, 0.6) is 11.5 Å². The highest BCUT2D eigenvalue weighted by Gasteiger charge is 2.19. The number of methoxy groups -OCH3 is 1. The highest BCUT2D eigenvalue weighted by molar-refractivity contribution is 6.09. The largest absolute Gasteiger partial charge is 0.497 e. The van der Waals surface area contributed by atoms with Gasteiger partial charge in [-0.1, -0.05) is 30.3 Å². The predicted octanol–water partition coefficient (Wildman–Crippen LogP) is 4.62. The molecule has 6 nitrogen and oxygen atoms in total. The summed E-state index contributed by atoms with van der Waals surface area (Å²) in [6.07, 6.45) is 0. The van der Waals surface area contributed by atoms with E-state index in [9.17, 15) is 9.59 Å². The van der Waals surface area contributed by atoms with Crippen LogP contribution in [0.25, 0.3) is 0 Å². The van der Waals surface area contributed by atoms with E-state index < -0.39 is 0 Å². The lowest BCUT2D eigenvalue weighted by Gasteiger charge is -2.21. The molecule has 3 aromatic rings. The SMILES string of the molecule is CCOc1ccccc1CN(C)C(=O)c1ccccc1NC(=O)c1ccc(OC)cc1. The molecule has 0 saturated heterocycles. The Morgan fingerprint density at radius 2 is 1.61 bits per heavy atom. The smallest absolute Gasteiger partial charge is 0.256 e. The van der Waals surface area contributed by atoms with Crippen molar-refractivity contribution in [2.45, 2.75) is 13.5 Å². The van der Waals surface area contributed by atoms with Crippen molar-refractivity contribution in [3.05, 3.63) is 89.5 Å². The Labute approximate surface area is 182 Å². The van der Waals surface area contributed by atoms with Gasteiger partial charge in [0.25, 0.3) is 11.8 Å². The van der Waals surface area contributed by atoms with Crippen LogP contribution in [0.3, 0.4) is 0 Å². The standard InChI is InChI=1S/C25H26N2O4/c1-4-31-23-12-8-5-9-19(23)17-27(2)25(29)21-10-6-7-11-22(21)26-24(28)18-13-15-20(30-3)16-14-18/h5-16H,4,17H2,1-3H3,(H,26,28). The van der Waals surface area contributed by atoms with Crippen LogP contribution in [-0.4, -0.2) is 37.5 Å². The molecule has 0 aromatic heterocycles. The third-order valence-electron chi connectivity index (χ3n) is 4.78. The highest BCUT2D eigenvalue weighted by atomic mass is 16.5. The summed E-state index contributed by atoms with van der Waals surface area (Å²) in [6, 6.07) is 21.4. The molecule has 0 atom stereocenters. The summed E-state index contributed by atoms with van der Waals surface area (Å²) in [5, 5.41) is 2.84. The van der Waals surface area contributed by atoms with Crippen LogP contribution in [0.4, 0.5) is 5.69 Å². The van der Waals surface area contributed by atoms with Gasteiger partial charge in [-0.2, -0.15) is 0 Å². The molecule has 0 aliphatic rings. The van der Waals surface area contributed by atoms with E-state index in [1.807, 2.05) is 31.2 Å². The minimum atomic E-state index is -0.299. The quantitative estimate of drug-likeness (QED) is 0.580. The van der Waals surface area contributed by atoms with Crippen LogP contribution >= 0.6 is 0 Å². The fourth-order valence-corrected chi connectivity index (χ4v) is 3.18. The Morgan fingerprint density at radius 3 is 2.32 bits per heavy atom. The molecule has 0 unspecified atom stereocenters. The van der Waals surface area contributed by atoms with Crippen LogP contribution in [0, 0.1) is 0 Å². The molecule has 0 fully saturated rings. The lowest BCUT2D eigenvalue weighted by molar-refractivity contribution is 0.0785. The Hall–Kier alpha value is -3.80. The summed E-state index contributed by atoms with van der Waals surface area (Å²) >= 11 is 0. The maximum absolute atomic E-state index is 13.2. The van der Waals surface area contributed by atoms with E-state index in [-0.39, 0.29) is 11.8 Å². The lowest BCUT2D eigenvalue weighted by atomic mass is 10.1. The van der Waals surface area contributed by atoms with Gasteiger partial charge in [-0.05, 0) is 49.4 Å². The van der Waals surface area contributed by atoms with E-state index in [4.69, 9.17) is 9.47 Å². The number of anilines is 1.